The fourth-order valence-electron chi connectivity index (χ4n) is 3.54. The molecule has 10 heteroatoms. The topological polar surface area (TPSA) is 85.3 Å². The maximum Gasteiger partial charge on any atom is 0.294 e. The molecule has 1 aromatic heterocycles. The van der Waals surface area contributed by atoms with E-state index in [1.165, 1.54) is 42.7 Å². The van der Waals surface area contributed by atoms with E-state index in [9.17, 15) is 13.2 Å². The zero-order valence-corrected chi connectivity index (χ0v) is 23.1. The van der Waals surface area contributed by atoms with Gasteiger partial charge in [0.15, 0.2) is 16.7 Å². The molecule has 1 fully saturated rings. The zero-order chi connectivity index (χ0) is 26.0. The van der Waals surface area contributed by atoms with Gasteiger partial charge in [-0.2, -0.15) is 8.42 Å². The quantitative estimate of drug-likeness (QED) is 0.156. The van der Waals surface area contributed by atoms with Crippen molar-refractivity contribution in [3.05, 3.63) is 58.8 Å². The first kappa shape index (κ1) is 28.0. The summed E-state index contributed by atoms with van der Waals surface area (Å²) in [5.74, 6) is 0.893. The van der Waals surface area contributed by atoms with E-state index in [0.717, 1.165) is 41.5 Å². The first-order valence-corrected chi connectivity index (χ1v) is 15.0. The van der Waals surface area contributed by atoms with Crippen molar-refractivity contribution < 1.29 is 22.7 Å². The van der Waals surface area contributed by atoms with Crippen LogP contribution in [0.4, 0.5) is 0 Å². The van der Waals surface area contributed by atoms with Gasteiger partial charge in [-0.3, -0.25) is 9.69 Å². The van der Waals surface area contributed by atoms with E-state index in [-0.39, 0.29) is 21.8 Å². The summed E-state index contributed by atoms with van der Waals surface area (Å²) in [4.78, 5) is 14.7. The molecular formula is C26H32N2O5S3. The first-order valence-electron chi connectivity index (χ1n) is 11.9. The van der Waals surface area contributed by atoms with Crippen LogP contribution < -0.4 is 9.47 Å². The number of amidine groups is 1. The minimum absolute atomic E-state index is 0.104. The molecule has 1 aliphatic heterocycles. The van der Waals surface area contributed by atoms with E-state index in [0.29, 0.717) is 23.0 Å². The van der Waals surface area contributed by atoms with Crippen LogP contribution in [0.25, 0.3) is 6.08 Å². The standard InChI is InChI=1S/C26H32N2O5S3/c1-4-6-7-8-9-10-16-33-22-18-20(13-14-21(22)32-3)19-23-25(29)28(15-5-2)26(35-23)27-36(30,31)24-12-11-17-34-24/h5,11-14,17-19H,2,4,6-10,15-16H2,1,3H3/b23-19-,27-26?. The summed E-state index contributed by atoms with van der Waals surface area (Å²) in [6.07, 6.45) is 10.3. The van der Waals surface area contributed by atoms with Crippen LogP contribution in [0, 0.1) is 0 Å². The van der Waals surface area contributed by atoms with Gasteiger partial charge in [-0.1, -0.05) is 57.2 Å². The fourth-order valence-corrected chi connectivity index (χ4v) is 6.69. The van der Waals surface area contributed by atoms with E-state index in [1.807, 2.05) is 12.1 Å². The van der Waals surface area contributed by atoms with Gasteiger partial charge in [0.1, 0.15) is 4.21 Å². The number of nitrogens with zero attached hydrogens (tertiary/aromatic N) is 2. The van der Waals surface area contributed by atoms with Gasteiger partial charge < -0.3 is 9.47 Å². The van der Waals surface area contributed by atoms with Gasteiger partial charge in [-0.15, -0.1) is 22.3 Å². The highest BCUT2D eigenvalue weighted by Crippen LogP contribution is 2.36. The SMILES string of the molecule is C=CCN1C(=O)/C(=C/c2ccc(OC)c(OCCCCCCCC)c2)SC1=NS(=O)(=O)c1cccs1. The van der Waals surface area contributed by atoms with Crippen molar-refractivity contribution in [2.24, 2.45) is 4.40 Å². The molecule has 0 atom stereocenters. The third kappa shape index (κ3) is 7.47. The van der Waals surface area contributed by atoms with Crippen molar-refractivity contribution >= 4 is 50.3 Å². The van der Waals surface area contributed by atoms with E-state index in [2.05, 4.69) is 17.9 Å². The van der Waals surface area contributed by atoms with Crippen LogP contribution in [0.15, 0.2) is 61.9 Å². The number of carbonyl (C=O) groups excluding carboxylic acids is 1. The number of amides is 1. The van der Waals surface area contributed by atoms with Gasteiger partial charge >= 0.3 is 0 Å². The summed E-state index contributed by atoms with van der Waals surface area (Å²) in [5.41, 5.74) is 0.741. The highest BCUT2D eigenvalue weighted by atomic mass is 32.2. The van der Waals surface area contributed by atoms with Crippen molar-refractivity contribution in [2.75, 3.05) is 20.3 Å². The molecule has 0 saturated carbocycles. The lowest BCUT2D eigenvalue weighted by Crippen LogP contribution is -2.29. The van der Waals surface area contributed by atoms with Crippen LogP contribution in [0.2, 0.25) is 0 Å². The van der Waals surface area contributed by atoms with E-state index >= 15 is 0 Å². The molecule has 0 bridgehead atoms. The predicted molar refractivity (Wildman–Crippen MR) is 148 cm³/mol. The fraction of sp³-hybridized carbons (Fsp3) is 0.385. The molecule has 0 aliphatic carbocycles. The number of ether oxygens (including phenoxy) is 2. The minimum atomic E-state index is -3.91. The largest absolute Gasteiger partial charge is 0.493 e. The Labute approximate surface area is 222 Å². The molecule has 1 aromatic carbocycles. The average molecular weight is 549 g/mol. The molecule has 0 radical (unpaired) electrons. The summed E-state index contributed by atoms with van der Waals surface area (Å²) >= 11 is 2.11. The second-order valence-corrected chi connectivity index (χ2v) is 11.9. The average Bonchev–Trinajstić information content (AvgIpc) is 3.50. The van der Waals surface area contributed by atoms with Crippen LogP contribution in [-0.2, 0) is 14.8 Å². The monoisotopic (exact) mass is 548 g/mol. The number of sulfonamides is 1. The molecule has 2 aromatic rings. The Morgan fingerprint density at radius 3 is 2.58 bits per heavy atom. The number of thiophene rings is 1. The molecule has 0 spiro atoms. The Hall–Kier alpha value is -2.56. The molecule has 36 heavy (non-hydrogen) atoms. The van der Waals surface area contributed by atoms with Gasteiger partial charge in [-0.05, 0) is 53.4 Å². The Kier molecular flexibility index (Phi) is 10.6. The van der Waals surface area contributed by atoms with Crippen LogP contribution in [-0.4, -0.2) is 44.7 Å². The third-order valence-corrected chi connectivity index (χ3v) is 9.15. The van der Waals surface area contributed by atoms with Gasteiger partial charge in [0.25, 0.3) is 15.9 Å². The predicted octanol–water partition coefficient (Wildman–Crippen LogP) is 6.34. The number of hydrogen-bond donors (Lipinski definition) is 0. The number of hydrogen-bond acceptors (Lipinski definition) is 7. The van der Waals surface area contributed by atoms with Crippen molar-refractivity contribution in [1.29, 1.82) is 0 Å². The van der Waals surface area contributed by atoms with E-state index in [1.54, 1.807) is 30.7 Å². The summed E-state index contributed by atoms with van der Waals surface area (Å²) in [7, 11) is -2.33. The van der Waals surface area contributed by atoms with Crippen LogP contribution in [0.3, 0.4) is 0 Å². The number of methoxy groups -OCH3 is 1. The number of carbonyl (C=O) groups is 1. The highest BCUT2D eigenvalue weighted by molar-refractivity contribution is 8.19. The lowest BCUT2D eigenvalue weighted by Gasteiger charge is -2.12. The molecule has 0 N–H and O–H groups in total. The minimum Gasteiger partial charge on any atom is -0.493 e. The van der Waals surface area contributed by atoms with Crippen molar-refractivity contribution in [1.82, 2.24) is 4.90 Å². The third-order valence-electron chi connectivity index (χ3n) is 5.39. The van der Waals surface area contributed by atoms with E-state index < -0.39 is 10.0 Å². The molecule has 1 saturated heterocycles. The van der Waals surface area contributed by atoms with Gasteiger partial charge in [0.2, 0.25) is 0 Å². The Balaban J connectivity index is 1.78. The Morgan fingerprint density at radius 1 is 1.11 bits per heavy atom. The van der Waals surface area contributed by atoms with Gasteiger partial charge in [-0.25, -0.2) is 0 Å². The molecule has 3 rings (SSSR count). The van der Waals surface area contributed by atoms with Crippen LogP contribution in [0.5, 0.6) is 11.5 Å². The summed E-state index contributed by atoms with van der Waals surface area (Å²) in [6.45, 7) is 6.62. The molecular weight excluding hydrogens is 516 g/mol. The van der Waals surface area contributed by atoms with Crippen LogP contribution >= 0.6 is 23.1 Å². The lowest BCUT2D eigenvalue weighted by molar-refractivity contribution is -0.121. The van der Waals surface area contributed by atoms with Crippen LogP contribution in [0.1, 0.15) is 51.0 Å². The van der Waals surface area contributed by atoms with E-state index in [4.69, 9.17) is 9.47 Å². The Bertz CT molecular complexity index is 1200. The second-order valence-electron chi connectivity index (χ2n) is 8.12. The van der Waals surface area contributed by atoms with Crippen molar-refractivity contribution in [3.8, 4) is 11.5 Å². The van der Waals surface area contributed by atoms with Crippen molar-refractivity contribution in [2.45, 2.75) is 49.7 Å². The first-order chi connectivity index (χ1) is 17.4. The van der Waals surface area contributed by atoms with Gasteiger partial charge in [0, 0.05) is 6.54 Å². The smallest absolute Gasteiger partial charge is 0.294 e. The molecule has 0 unspecified atom stereocenters. The molecule has 1 aliphatic rings. The molecule has 2 heterocycles. The normalized spacial score (nSPS) is 16.2. The van der Waals surface area contributed by atoms with Gasteiger partial charge in [0.05, 0.1) is 18.6 Å². The number of benzene rings is 1. The summed E-state index contributed by atoms with van der Waals surface area (Å²) in [5, 5.41) is 1.77. The zero-order valence-electron chi connectivity index (χ0n) is 20.6. The number of rotatable bonds is 14. The highest BCUT2D eigenvalue weighted by Gasteiger charge is 2.34. The lowest BCUT2D eigenvalue weighted by atomic mass is 10.1. The Morgan fingerprint density at radius 2 is 1.89 bits per heavy atom. The molecule has 194 valence electrons. The second kappa shape index (κ2) is 13.7. The maximum absolute atomic E-state index is 13.1. The summed E-state index contributed by atoms with van der Waals surface area (Å²) in [6, 6.07) is 8.58. The number of unbranched alkanes of at least 4 members (excludes halogenated alkanes) is 5. The molecule has 7 nitrogen and oxygen atoms in total. The summed E-state index contributed by atoms with van der Waals surface area (Å²) < 4.78 is 40.9. The maximum atomic E-state index is 13.1. The number of thioether (sulfide) groups is 1. The molecule has 1 amide bonds. The van der Waals surface area contributed by atoms with Crippen molar-refractivity contribution in [3.63, 3.8) is 0 Å².